The number of rotatable bonds is 4. The van der Waals surface area contributed by atoms with Gasteiger partial charge in [0.15, 0.2) is 0 Å². The first-order valence-corrected chi connectivity index (χ1v) is 7.85. The second-order valence-corrected chi connectivity index (χ2v) is 6.42. The quantitative estimate of drug-likeness (QED) is 0.920. The van der Waals surface area contributed by atoms with E-state index >= 15 is 0 Å². The monoisotopic (exact) mass is 329 g/mol. The van der Waals surface area contributed by atoms with E-state index < -0.39 is 0 Å². The highest BCUT2D eigenvalue weighted by molar-refractivity contribution is 6.34. The van der Waals surface area contributed by atoms with Crippen molar-refractivity contribution in [1.29, 1.82) is 0 Å². The van der Waals surface area contributed by atoms with E-state index in [0.717, 1.165) is 25.2 Å². The number of carbonyl (C=O) groups excluding carboxylic acids is 1. The first kappa shape index (κ1) is 16.6. The van der Waals surface area contributed by atoms with Crippen LogP contribution in [0.15, 0.2) is 18.2 Å². The lowest BCUT2D eigenvalue weighted by molar-refractivity contribution is -0.132. The number of likely N-dealkylation sites (N-methyl/N-ethyl adjacent to an activating group) is 1. The predicted octanol–water partition coefficient (Wildman–Crippen LogP) is 2.25. The molecule has 0 bridgehead atoms. The van der Waals surface area contributed by atoms with Gasteiger partial charge in [-0.2, -0.15) is 0 Å². The predicted molar refractivity (Wildman–Crippen MR) is 86.8 cm³/mol. The normalized spacial score (nSPS) is 19.5. The zero-order valence-corrected chi connectivity index (χ0v) is 13.9. The van der Waals surface area contributed by atoms with Crippen LogP contribution in [-0.4, -0.2) is 55.0 Å². The molecule has 0 spiro atoms. The van der Waals surface area contributed by atoms with Crippen molar-refractivity contribution >= 4 is 29.1 Å². The molecule has 1 atom stereocenters. The van der Waals surface area contributed by atoms with Gasteiger partial charge in [0.1, 0.15) is 0 Å². The maximum Gasteiger partial charge on any atom is 0.236 e. The van der Waals surface area contributed by atoms with Crippen LogP contribution >= 0.6 is 23.2 Å². The van der Waals surface area contributed by atoms with E-state index in [1.165, 1.54) is 0 Å². The molecule has 21 heavy (non-hydrogen) atoms. The molecule has 1 heterocycles. The Kier molecular flexibility index (Phi) is 5.88. The molecule has 2 rings (SSSR count). The lowest BCUT2D eigenvalue weighted by Gasteiger charge is -2.34. The number of nitrogens with zero attached hydrogens (tertiary/aromatic N) is 2. The van der Waals surface area contributed by atoms with Crippen LogP contribution < -0.4 is 5.32 Å². The zero-order valence-electron chi connectivity index (χ0n) is 12.4. The van der Waals surface area contributed by atoms with Crippen LogP contribution in [0.3, 0.4) is 0 Å². The van der Waals surface area contributed by atoms with Gasteiger partial charge in [-0.25, -0.2) is 0 Å². The van der Waals surface area contributed by atoms with E-state index in [-0.39, 0.29) is 5.91 Å². The third-order valence-corrected chi connectivity index (χ3v) is 4.18. The number of carbonyl (C=O) groups is 1. The molecule has 1 aromatic rings. The summed E-state index contributed by atoms with van der Waals surface area (Å²) in [7, 11) is 1.81. The van der Waals surface area contributed by atoms with Gasteiger partial charge < -0.3 is 10.2 Å². The standard InChI is InChI=1S/C15H21Cl2N3O/c1-11-8-18-3-4-20(11)10-15(21)19(2)9-12-5-13(16)7-14(17)6-12/h5-7,11,18H,3-4,8-10H2,1-2H3/t11-/m0/s1. The lowest BCUT2D eigenvalue weighted by atomic mass is 10.2. The topological polar surface area (TPSA) is 35.6 Å². The van der Waals surface area contributed by atoms with Crippen molar-refractivity contribution in [2.24, 2.45) is 0 Å². The molecule has 1 amide bonds. The van der Waals surface area contributed by atoms with Crippen molar-refractivity contribution < 1.29 is 4.79 Å². The molecule has 1 aliphatic heterocycles. The first-order valence-electron chi connectivity index (χ1n) is 7.09. The van der Waals surface area contributed by atoms with E-state index in [0.29, 0.717) is 29.2 Å². The fourth-order valence-corrected chi connectivity index (χ4v) is 3.05. The van der Waals surface area contributed by atoms with Gasteiger partial charge in [0, 0.05) is 49.3 Å². The fourth-order valence-electron chi connectivity index (χ4n) is 2.48. The van der Waals surface area contributed by atoms with Gasteiger partial charge in [-0.1, -0.05) is 23.2 Å². The molecule has 1 aliphatic rings. The van der Waals surface area contributed by atoms with Crippen LogP contribution in [-0.2, 0) is 11.3 Å². The second-order valence-electron chi connectivity index (χ2n) is 5.55. The Bertz CT molecular complexity index is 489. The molecular weight excluding hydrogens is 309 g/mol. The molecule has 1 saturated heterocycles. The van der Waals surface area contributed by atoms with E-state index in [9.17, 15) is 4.79 Å². The molecule has 0 aromatic heterocycles. The average molecular weight is 330 g/mol. The number of piperazine rings is 1. The summed E-state index contributed by atoms with van der Waals surface area (Å²) < 4.78 is 0. The van der Waals surface area contributed by atoms with Gasteiger partial charge in [0.2, 0.25) is 5.91 Å². The smallest absolute Gasteiger partial charge is 0.236 e. The maximum absolute atomic E-state index is 12.3. The number of nitrogens with one attached hydrogen (secondary N) is 1. The van der Waals surface area contributed by atoms with E-state index in [1.807, 2.05) is 19.2 Å². The molecule has 1 aromatic carbocycles. The van der Waals surface area contributed by atoms with Crippen LogP contribution in [0.4, 0.5) is 0 Å². The van der Waals surface area contributed by atoms with Crippen LogP contribution in [0.5, 0.6) is 0 Å². The Morgan fingerprint density at radius 1 is 1.38 bits per heavy atom. The van der Waals surface area contributed by atoms with Crippen molar-refractivity contribution in [3.05, 3.63) is 33.8 Å². The minimum atomic E-state index is 0.111. The molecule has 0 aliphatic carbocycles. The van der Waals surface area contributed by atoms with Gasteiger partial charge in [-0.15, -0.1) is 0 Å². The molecule has 116 valence electrons. The highest BCUT2D eigenvalue weighted by Gasteiger charge is 2.21. The molecule has 0 saturated carbocycles. The Balaban J connectivity index is 1.92. The number of halogens is 2. The number of amides is 1. The average Bonchev–Trinajstić information content (AvgIpc) is 2.40. The minimum absolute atomic E-state index is 0.111. The first-order chi connectivity index (χ1) is 9.95. The summed E-state index contributed by atoms with van der Waals surface area (Å²) in [6, 6.07) is 5.75. The van der Waals surface area contributed by atoms with Crippen molar-refractivity contribution in [3.63, 3.8) is 0 Å². The van der Waals surface area contributed by atoms with Crippen LogP contribution in [0.25, 0.3) is 0 Å². The second kappa shape index (κ2) is 7.45. The van der Waals surface area contributed by atoms with Gasteiger partial charge in [-0.05, 0) is 30.7 Å². The zero-order chi connectivity index (χ0) is 15.4. The summed E-state index contributed by atoms with van der Waals surface area (Å²) in [5.41, 5.74) is 0.941. The molecule has 1 fully saturated rings. The third kappa shape index (κ3) is 4.85. The van der Waals surface area contributed by atoms with Crippen molar-refractivity contribution in [2.45, 2.75) is 19.5 Å². The third-order valence-electron chi connectivity index (χ3n) is 3.75. The van der Waals surface area contributed by atoms with Crippen molar-refractivity contribution in [1.82, 2.24) is 15.1 Å². The largest absolute Gasteiger partial charge is 0.340 e. The lowest BCUT2D eigenvalue weighted by Crippen LogP contribution is -2.52. The summed E-state index contributed by atoms with van der Waals surface area (Å²) in [4.78, 5) is 16.3. The number of benzene rings is 1. The highest BCUT2D eigenvalue weighted by Crippen LogP contribution is 2.20. The van der Waals surface area contributed by atoms with Crippen molar-refractivity contribution in [3.8, 4) is 0 Å². The summed E-state index contributed by atoms with van der Waals surface area (Å²) in [6.45, 7) is 5.87. The summed E-state index contributed by atoms with van der Waals surface area (Å²) in [6.07, 6.45) is 0. The summed E-state index contributed by atoms with van der Waals surface area (Å²) in [5, 5.41) is 4.51. The SMILES string of the molecule is C[C@H]1CNCCN1CC(=O)N(C)Cc1cc(Cl)cc(Cl)c1. The Labute approximate surface area is 136 Å². The van der Waals surface area contributed by atoms with Gasteiger partial charge in [0.05, 0.1) is 6.54 Å². The van der Waals surface area contributed by atoms with Gasteiger partial charge >= 0.3 is 0 Å². The summed E-state index contributed by atoms with van der Waals surface area (Å²) in [5.74, 6) is 0.111. The maximum atomic E-state index is 12.3. The summed E-state index contributed by atoms with van der Waals surface area (Å²) >= 11 is 12.0. The van der Waals surface area contributed by atoms with Crippen LogP contribution in [0, 0.1) is 0 Å². The fraction of sp³-hybridized carbons (Fsp3) is 0.533. The Morgan fingerprint density at radius 2 is 2.05 bits per heavy atom. The van der Waals surface area contributed by atoms with E-state index in [1.54, 1.807) is 11.0 Å². The highest BCUT2D eigenvalue weighted by atomic mass is 35.5. The number of hydrogen-bond acceptors (Lipinski definition) is 3. The Hall–Kier alpha value is -0.810. The Morgan fingerprint density at radius 3 is 2.67 bits per heavy atom. The minimum Gasteiger partial charge on any atom is -0.340 e. The molecule has 0 radical (unpaired) electrons. The van der Waals surface area contributed by atoms with Crippen LogP contribution in [0.1, 0.15) is 12.5 Å². The molecule has 4 nitrogen and oxygen atoms in total. The number of hydrogen-bond donors (Lipinski definition) is 1. The molecule has 0 unspecified atom stereocenters. The van der Waals surface area contributed by atoms with E-state index in [4.69, 9.17) is 23.2 Å². The molecular formula is C15H21Cl2N3O. The van der Waals surface area contributed by atoms with Gasteiger partial charge in [0.25, 0.3) is 0 Å². The van der Waals surface area contributed by atoms with Crippen molar-refractivity contribution in [2.75, 3.05) is 33.2 Å². The molecule has 6 heteroatoms. The van der Waals surface area contributed by atoms with E-state index in [2.05, 4.69) is 17.1 Å². The molecule has 1 N–H and O–H groups in total. The van der Waals surface area contributed by atoms with Gasteiger partial charge in [-0.3, -0.25) is 9.69 Å². The van der Waals surface area contributed by atoms with Crippen LogP contribution in [0.2, 0.25) is 10.0 Å².